The summed E-state index contributed by atoms with van der Waals surface area (Å²) in [7, 11) is -1.18. The van der Waals surface area contributed by atoms with E-state index in [9.17, 15) is 18.8 Å². The van der Waals surface area contributed by atoms with Crippen LogP contribution >= 0.6 is 8.53 Å². The molecule has 2 aromatic rings. The molecule has 2 heterocycles. The summed E-state index contributed by atoms with van der Waals surface area (Å²) in [5.74, 6) is 0.197. The number of carbonyl (C=O) groups excluding carboxylic acids is 1. The number of hydrogen-bond acceptors (Lipinski definition) is 8. The SMILES string of the molecule is CC(C)OC(=O)C(C)NP(OCC1CCC(n2ccc(=O)[nH]c2=O)O1)Oc1ccccc1.CF. The van der Waals surface area contributed by atoms with Gasteiger partial charge in [-0.05, 0) is 45.7 Å². The van der Waals surface area contributed by atoms with Gasteiger partial charge in [0.25, 0.3) is 5.56 Å². The minimum absolute atomic E-state index is 0.200. The summed E-state index contributed by atoms with van der Waals surface area (Å²) >= 11 is 0. The van der Waals surface area contributed by atoms with Gasteiger partial charge >= 0.3 is 20.2 Å². The zero-order chi connectivity index (χ0) is 25.1. The number of rotatable bonds is 10. The van der Waals surface area contributed by atoms with E-state index < -0.39 is 38.0 Å². The quantitative estimate of drug-likeness (QED) is 0.378. The van der Waals surface area contributed by atoms with Crippen molar-refractivity contribution >= 4 is 14.5 Å². The van der Waals surface area contributed by atoms with Gasteiger partial charge in [0.15, 0.2) is 0 Å². The van der Waals surface area contributed by atoms with Crippen molar-refractivity contribution in [1.82, 2.24) is 14.6 Å². The Balaban J connectivity index is 0.00000199. The van der Waals surface area contributed by atoms with E-state index in [4.69, 9.17) is 18.5 Å². The number of aromatic nitrogens is 2. The van der Waals surface area contributed by atoms with Crippen molar-refractivity contribution < 1.29 is 27.7 Å². The Morgan fingerprint density at radius 1 is 1.21 bits per heavy atom. The van der Waals surface area contributed by atoms with E-state index in [2.05, 4.69) is 10.1 Å². The number of esters is 1. The molecule has 0 aliphatic carbocycles. The molecule has 34 heavy (non-hydrogen) atoms. The normalized spacial score (nSPS) is 19.1. The van der Waals surface area contributed by atoms with Crippen LogP contribution in [0.3, 0.4) is 0 Å². The summed E-state index contributed by atoms with van der Waals surface area (Å²) in [5, 5.41) is 3.05. The standard InChI is InChI=1S/C21H28N3O7P.CH3F/c1-14(2)29-20(26)15(3)23-32(31-16-7-5-4-6-8-16)28-13-17-9-10-19(30-17)24-12-11-18(25)22-21(24)27;1-2/h4-8,11-12,14-15,17,19,23H,9-10,13H2,1-3H3,(H,22,25,27);1H3. The molecule has 4 atom stereocenters. The highest BCUT2D eigenvalue weighted by atomic mass is 31.2. The first-order valence-corrected chi connectivity index (χ1v) is 12.0. The zero-order valence-corrected chi connectivity index (χ0v) is 20.5. The summed E-state index contributed by atoms with van der Waals surface area (Å²) < 4.78 is 33.9. The Morgan fingerprint density at radius 2 is 1.91 bits per heavy atom. The van der Waals surface area contributed by atoms with Crippen molar-refractivity contribution in [2.24, 2.45) is 0 Å². The molecule has 1 aliphatic rings. The lowest BCUT2D eigenvalue weighted by Gasteiger charge is -2.23. The van der Waals surface area contributed by atoms with Gasteiger partial charge in [-0.1, -0.05) is 18.2 Å². The van der Waals surface area contributed by atoms with E-state index in [1.54, 1.807) is 32.9 Å². The summed E-state index contributed by atoms with van der Waals surface area (Å²) in [6, 6.07) is 9.78. The third-order valence-corrected chi connectivity index (χ3v) is 5.92. The fraction of sp³-hybridized carbons (Fsp3) is 0.500. The summed E-state index contributed by atoms with van der Waals surface area (Å²) in [6.07, 6.45) is 1.70. The zero-order valence-electron chi connectivity index (χ0n) is 19.6. The van der Waals surface area contributed by atoms with Crippen LogP contribution in [0, 0.1) is 0 Å². The summed E-state index contributed by atoms with van der Waals surface area (Å²) in [5.41, 5.74) is -0.970. The maximum Gasteiger partial charge on any atom is 0.330 e. The Labute approximate surface area is 198 Å². The number of para-hydroxylation sites is 1. The van der Waals surface area contributed by atoms with Crippen LogP contribution < -0.4 is 20.9 Å². The Bertz CT molecular complexity index is 1000. The van der Waals surface area contributed by atoms with Gasteiger partial charge in [-0.3, -0.25) is 23.5 Å². The van der Waals surface area contributed by atoms with E-state index in [1.165, 1.54) is 16.8 Å². The van der Waals surface area contributed by atoms with Gasteiger partial charge in [-0.15, -0.1) is 0 Å². The average Bonchev–Trinajstić information content (AvgIpc) is 3.27. The van der Waals surface area contributed by atoms with Crippen LogP contribution in [0.2, 0.25) is 0 Å². The maximum absolute atomic E-state index is 12.2. The minimum Gasteiger partial charge on any atom is -0.462 e. The van der Waals surface area contributed by atoms with Crippen molar-refractivity contribution in [2.75, 3.05) is 13.8 Å². The molecule has 1 aliphatic heterocycles. The van der Waals surface area contributed by atoms with Crippen LogP contribution in [0.15, 0.2) is 52.2 Å². The number of ether oxygens (including phenoxy) is 2. The van der Waals surface area contributed by atoms with Gasteiger partial charge in [-0.25, -0.2) is 9.88 Å². The molecule has 4 unspecified atom stereocenters. The van der Waals surface area contributed by atoms with Crippen LogP contribution in [0.4, 0.5) is 4.39 Å². The predicted molar refractivity (Wildman–Crippen MR) is 125 cm³/mol. The third-order valence-electron chi connectivity index (χ3n) is 4.56. The largest absolute Gasteiger partial charge is 0.462 e. The van der Waals surface area contributed by atoms with E-state index >= 15 is 0 Å². The van der Waals surface area contributed by atoms with E-state index in [1.807, 2.05) is 18.2 Å². The third kappa shape index (κ3) is 8.64. The van der Waals surface area contributed by atoms with Crippen LogP contribution in [0.25, 0.3) is 0 Å². The number of nitrogens with one attached hydrogen (secondary N) is 2. The lowest BCUT2D eigenvalue weighted by atomic mass is 10.2. The molecule has 0 radical (unpaired) electrons. The summed E-state index contributed by atoms with van der Waals surface area (Å²) in [6.45, 7) is 5.45. The number of aromatic amines is 1. The molecule has 1 fully saturated rings. The van der Waals surface area contributed by atoms with Crippen molar-refractivity contribution in [1.29, 1.82) is 0 Å². The van der Waals surface area contributed by atoms with E-state index in [0.717, 1.165) is 0 Å². The molecular weight excluding hydrogens is 468 g/mol. The first kappa shape index (κ1) is 27.7. The highest BCUT2D eigenvalue weighted by Crippen LogP contribution is 2.38. The number of hydrogen-bond donors (Lipinski definition) is 2. The molecule has 3 rings (SSSR count). The molecule has 0 saturated carbocycles. The molecule has 0 amide bonds. The molecule has 12 heteroatoms. The number of benzene rings is 1. The average molecular weight is 499 g/mol. The molecule has 10 nitrogen and oxygen atoms in total. The molecule has 1 aromatic carbocycles. The van der Waals surface area contributed by atoms with Gasteiger partial charge in [-0.2, -0.15) is 0 Å². The van der Waals surface area contributed by atoms with Crippen molar-refractivity contribution in [3.8, 4) is 5.75 Å². The van der Waals surface area contributed by atoms with Gasteiger partial charge in [0.05, 0.1) is 26.0 Å². The van der Waals surface area contributed by atoms with Crippen molar-refractivity contribution in [3.63, 3.8) is 0 Å². The maximum atomic E-state index is 12.2. The van der Waals surface area contributed by atoms with Gasteiger partial charge < -0.3 is 18.5 Å². The number of carbonyl (C=O) groups is 1. The minimum atomic E-state index is -1.68. The van der Waals surface area contributed by atoms with Crippen LogP contribution in [0.5, 0.6) is 5.75 Å². The molecule has 1 aromatic heterocycles. The molecule has 188 valence electrons. The second-order valence-electron chi connectivity index (χ2n) is 7.60. The Hall–Kier alpha value is -2.59. The second-order valence-corrected chi connectivity index (χ2v) is 8.81. The van der Waals surface area contributed by atoms with Crippen molar-refractivity contribution in [2.45, 2.75) is 58.1 Å². The molecule has 1 saturated heterocycles. The number of halogens is 1. The fourth-order valence-electron chi connectivity index (χ4n) is 3.03. The van der Waals surface area contributed by atoms with E-state index in [0.29, 0.717) is 25.8 Å². The first-order chi connectivity index (χ1) is 16.3. The monoisotopic (exact) mass is 499 g/mol. The molecule has 0 bridgehead atoms. The van der Waals surface area contributed by atoms with Crippen LogP contribution in [-0.2, 0) is 18.8 Å². The first-order valence-electron chi connectivity index (χ1n) is 10.8. The topological polar surface area (TPSA) is 121 Å². The Kier molecular flexibility index (Phi) is 11.4. The van der Waals surface area contributed by atoms with Gasteiger partial charge in [0, 0.05) is 12.3 Å². The molecular formula is C22H31FN3O7P. The van der Waals surface area contributed by atoms with Crippen molar-refractivity contribution in [3.05, 3.63) is 63.4 Å². The highest BCUT2D eigenvalue weighted by Gasteiger charge is 2.30. The Morgan fingerprint density at radius 3 is 2.56 bits per heavy atom. The van der Waals surface area contributed by atoms with Gasteiger partial charge in [0.2, 0.25) is 0 Å². The number of alkyl halides is 1. The molecule has 0 spiro atoms. The fourth-order valence-corrected chi connectivity index (χ4v) is 4.25. The van der Waals surface area contributed by atoms with Crippen LogP contribution in [0.1, 0.15) is 39.8 Å². The lowest BCUT2D eigenvalue weighted by Crippen LogP contribution is -2.35. The lowest BCUT2D eigenvalue weighted by molar-refractivity contribution is -0.149. The second kappa shape index (κ2) is 14.0. The summed E-state index contributed by atoms with van der Waals surface area (Å²) in [4.78, 5) is 37.7. The van der Waals surface area contributed by atoms with Crippen LogP contribution in [-0.4, -0.2) is 47.6 Å². The predicted octanol–water partition coefficient (Wildman–Crippen LogP) is 3.05. The smallest absolute Gasteiger partial charge is 0.330 e. The van der Waals surface area contributed by atoms with E-state index in [-0.39, 0.29) is 18.8 Å². The number of H-pyrrole nitrogens is 1. The number of nitrogens with zero attached hydrogens (tertiary/aromatic N) is 1. The molecule has 2 N–H and O–H groups in total. The highest BCUT2D eigenvalue weighted by molar-refractivity contribution is 7.45. The van der Waals surface area contributed by atoms with Gasteiger partial charge in [0.1, 0.15) is 18.0 Å².